The lowest BCUT2D eigenvalue weighted by Crippen LogP contribution is -2.53. The maximum Gasteiger partial charge on any atom is 0.113 e. The second-order valence-electron chi connectivity index (χ2n) is 7.29. The molecule has 0 aromatic heterocycles. The smallest absolute Gasteiger partial charge is 0.113 e. The van der Waals surface area contributed by atoms with Crippen molar-refractivity contribution < 1.29 is 0 Å². The maximum absolute atomic E-state index is 6.75. The number of alkyl halides is 1. The third-order valence-electron chi connectivity index (χ3n) is 5.16. The zero-order valence-corrected chi connectivity index (χ0v) is 14.9. The first-order valence-electron chi connectivity index (χ1n) is 8.99. The van der Waals surface area contributed by atoms with E-state index in [1.54, 1.807) is 0 Å². The fourth-order valence-electron chi connectivity index (χ4n) is 3.57. The van der Waals surface area contributed by atoms with Crippen LogP contribution in [0.1, 0.15) is 72.1 Å². The Kier molecular flexibility index (Phi) is 6.79. The summed E-state index contributed by atoms with van der Waals surface area (Å²) < 4.78 is 0. The third-order valence-corrected chi connectivity index (χ3v) is 5.89. The van der Waals surface area contributed by atoms with Gasteiger partial charge in [0.15, 0.2) is 0 Å². The van der Waals surface area contributed by atoms with Gasteiger partial charge in [0.25, 0.3) is 0 Å². The van der Waals surface area contributed by atoms with Crippen LogP contribution in [-0.4, -0.2) is 29.3 Å². The molecule has 0 amide bonds. The van der Waals surface area contributed by atoms with Crippen LogP contribution in [0.25, 0.3) is 0 Å². The van der Waals surface area contributed by atoms with E-state index in [0.717, 1.165) is 25.6 Å². The number of nitrogens with zero attached hydrogens (tertiary/aromatic N) is 1. The van der Waals surface area contributed by atoms with E-state index in [1.807, 2.05) is 0 Å². The molecule has 0 aromatic rings. The van der Waals surface area contributed by atoms with Crippen molar-refractivity contribution in [2.24, 2.45) is 11.8 Å². The van der Waals surface area contributed by atoms with Crippen molar-refractivity contribution in [1.29, 1.82) is 0 Å². The predicted octanol–water partition coefficient (Wildman–Crippen LogP) is 4.08. The highest BCUT2D eigenvalue weighted by Crippen LogP contribution is 2.50. The lowest BCUT2D eigenvalue weighted by atomic mass is 9.89. The molecule has 2 saturated carbocycles. The van der Waals surface area contributed by atoms with E-state index in [9.17, 15) is 0 Å². The highest BCUT2D eigenvalue weighted by molar-refractivity contribution is 6.25. The van der Waals surface area contributed by atoms with E-state index >= 15 is 0 Å². The number of halogens is 1. The summed E-state index contributed by atoms with van der Waals surface area (Å²) >= 11 is 6.75. The lowest BCUT2D eigenvalue weighted by Gasteiger charge is -2.33. The van der Waals surface area contributed by atoms with Crippen molar-refractivity contribution in [2.75, 3.05) is 13.2 Å². The van der Waals surface area contributed by atoms with Gasteiger partial charge in [-0.15, -0.1) is 11.6 Å². The number of hydrogen-bond donors (Lipinski definition) is 2. The first-order chi connectivity index (χ1) is 10.1. The topological polar surface area (TPSA) is 27.3 Å². The number of hydrazine groups is 1. The van der Waals surface area contributed by atoms with Crippen molar-refractivity contribution in [3.63, 3.8) is 0 Å². The standard InChI is InChI=1S/C17H34ClN3/c1-4-8-15(3)20-21(17(18)11-14(17)2)13-19-12-16-9-6-5-7-10-16/h14-16,19-20H,4-13H2,1-3H3/t14-,15-,17+/m0/s1. The van der Waals surface area contributed by atoms with Crippen molar-refractivity contribution in [3.05, 3.63) is 0 Å². The molecule has 2 N–H and O–H groups in total. The van der Waals surface area contributed by atoms with Gasteiger partial charge in [0.2, 0.25) is 0 Å². The Labute approximate surface area is 136 Å². The molecule has 124 valence electrons. The molecule has 2 fully saturated rings. The summed E-state index contributed by atoms with van der Waals surface area (Å²) in [5, 5.41) is 5.91. The van der Waals surface area contributed by atoms with Gasteiger partial charge in [-0.1, -0.05) is 39.5 Å². The van der Waals surface area contributed by atoms with Gasteiger partial charge < -0.3 is 5.32 Å². The first kappa shape index (κ1) is 17.5. The second kappa shape index (κ2) is 8.14. The van der Waals surface area contributed by atoms with Gasteiger partial charge in [-0.05, 0) is 51.0 Å². The summed E-state index contributed by atoms with van der Waals surface area (Å²) in [5.41, 5.74) is 3.63. The van der Waals surface area contributed by atoms with Crippen LogP contribution >= 0.6 is 11.6 Å². The summed E-state index contributed by atoms with van der Waals surface area (Å²) in [7, 11) is 0. The Bertz CT molecular complexity index is 306. The highest BCUT2D eigenvalue weighted by Gasteiger charge is 2.54. The number of nitrogens with one attached hydrogen (secondary N) is 2. The second-order valence-corrected chi connectivity index (χ2v) is 7.94. The quantitative estimate of drug-likeness (QED) is 0.290. The van der Waals surface area contributed by atoms with Gasteiger partial charge in [-0.25, -0.2) is 10.4 Å². The molecule has 0 aromatic carbocycles. The average Bonchev–Trinajstić information content (AvgIpc) is 3.08. The molecule has 0 unspecified atom stereocenters. The van der Waals surface area contributed by atoms with E-state index in [-0.39, 0.29) is 5.00 Å². The van der Waals surface area contributed by atoms with Crippen molar-refractivity contribution in [3.8, 4) is 0 Å². The van der Waals surface area contributed by atoms with Gasteiger partial charge in [-0.3, -0.25) is 0 Å². The Morgan fingerprint density at radius 1 is 1.29 bits per heavy atom. The van der Waals surface area contributed by atoms with Gasteiger partial charge >= 0.3 is 0 Å². The molecule has 2 aliphatic carbocycles. The Morgan fingerprint density at radius 3 is 2.52 bits per heavy atom. The lowest BCUT2D eigenvalue weighted by molar-refractivity contribution is 0.106. The van der Waals surface area contributed by atoms with Crippen molar-refractivity contribution in [2.45, 2.75) is 83.2 Å². The summed E-state index contributed by atoms with van der Waals surface area (Å²) in [6.45, 7) is 8.73. The van der Waals surface area contributed by atoms with Crippen LogP contribution in [-0.2, 0) is 0 Å². The highest BCUT2D eigenvalue weighted by atomic mass is 35.5. The molecule has 21 heavy (non-hydrogen) atoms. The van der Waals surface area contributed by atoms with E-state index < -0.39 is 0 Å². The summed E-state index contributed by atoms with van der Waals surface area (Å²) in [5.74, 6) is 1.45. The van der Waals surface area contributed by atoms with E-state index in [0.29, 0.717) is 12.0 Å². The Morgan fingerprint density at radius 2 is 1.95 bits per heavy atom. The molecule has 3 atom stereocenters. The van der Waals surface area contributed by atoms with Crippen LogP contribution < -0.4 is 10.7 Å². The van der Waals surface area contributed by atoms with Crippen LogP contribution in [0.5, 0.6) is 0 Å². The average molecular weight is 316 g/mol. The van der Waals surface area contributed by atoms with Gasteiger partial charge in [0.05, 0.1) is 6.67 Å². The molecule has 2 aliphatic rings. The molecule has 0 aliphatic heterocycles. The molecule has 0 radical (unpaired) electrons. The molecule has 0 spiro atoms. The SMILES string of the molecule is CCC[C@H](C)NN(CNCC1CCCCC1)[C@]1(Cl)C[C@@H]1C. The number of hydrogen-bond acceptors (Lipinski definition) is 3. The number of rotatable bonds is 9. The summed E-state index contributed by atoms with van der Waals surface area (Å²) in [4.78, 5) is -0.165. The zero-order chi connectivity index (χ0) is 15.3. The minimum Gasteiger partial charge on any atom is -0.303 e. The molecule has 0 bridgehead atoms. The Balaban J connectivity index is 1.76. The fraction of sp³-hybridized carbons (Fsp3) is 1.00. The van der Waals surface area contributed by atoms with E-state index in [4.69, 9.17) is 11.6 Å². The maximum atomic E-state index is 6.75. The van der Waals surface area contributed by atoms with Crippen LogP contribution in [0.4, 0.5) is 0 Å². The monoisotopic (exact) mass is 315 g/mol. The van der Waals surface area contributed by atoms with E-state index in [1.165, 1.54) is 44.9 Å². The minimum atomic E-state index is -0.165. The molecule has 3 nitrogen and oxygen atoms in total. The molecule has 0 heterocycles. The van der Waals surface area contributed by atoms with Crippen LogP contribution in [0.3, 0.4) is 0 Å². The van der Waals surface area contributed by atoms with Gasteiger partial charge in [0.1, 0.15) is 5.00 Å². The fourth-order valence-corrected chi connectivity index (χ4v) is 3.91. The Hall–Kier alpha value is 0.170. The summed E-state index contributed by atoms with van der Waals surface area (Å²) in [6, 6.07) is 0.495. The predicted molar refractivity (Wildman–Crippen MR) is 91.2 cm³/mol. The molecule has 0 saturated heterocycles. The van der Waals surface area contributed by atoms with Gasteiger partial charge in [0, 0.05) is 6.04 Å². The molecular weight excluding hydrogens is 282 g/mol. The molecular formula is C17H34ClN3. The first-order valence-corrected chi connectivity index (χ1v) is 9.37. The summed E-state index contributed by atoms with van der Waals surface area (Å²) in [6.07, 6.45) is 10.6. The van der Waals surface area contributed by atoms with Crippen molar-refractivity contribution in [1.82, 2.24) is 15.8 Å². The van der Waals surface area contributed by atoms with E-state index in [2.05, 4.69) is 36.5 Å². The third kappa shape index (κ3) is 5.09. The molecule has 4 heteroatoms. The molecule has 2 rings (SSSR count). The van der Waals surface area contributed by atoms with Crippen LogP contribution in [0.2, 0.25) is 0 Å². The van der Waals surface area contributed by atoms with Crippen LogP contribution in [0.15, 0.2) is 0 Å². The largest absolute Gasteiger partial charge is 0.303 e. The van der Waals surface area contributed by atoms with Crippen LogP contribution in [0, 0.1) is 11.8 Å². The van der Waals surface area contributed by atoms with Gasteiger partial charge in [-0.2, -0.15) is 0 Å². The minimum absolute atomic E-state index is 0.165. The zero-order valence-electron chi connectivity index (χ0n) is 14.1. The van der Waals surface area contributed by atoms with Crippen molar-refractivity contribution >= 4 is 11.6 Å². The normalized spacial score (nSPS) is 31.6.